The van der Waals surface area contributed by atoms with Crippen molar-refractivity contribution in [1.82, 2.24) is 5.32 Å². The predicted molar refractivity (Wildman–Crippen MR) is 127 cm³/mol. The molecule has 0 saturated heterocycles. The quantitative estimate of drug-likeness (QED) is 0.403. The van der Waals surface area contributed by atoms with Gasteiger partial charge in [-0.05, 0) is 66.6 Å². The molecule has 0 aliphatic rings. The summed E-state index contributed by atoms with van der Waals surface area (Å²) in [7, 11) is 2.06. The Morgan fingerprint density at radius 1 is 0.793 bits per heavy atom. The Kier molecular flexibility index (Phi) is 7.61. The number of aryl methyl sites for hydroxylation is 1. The van der Waals surface area contributed by atoms with E-state index in [0.717, 1.165) is 24.8 Å². The van der Waals surface area contributed by atoms with Crippen LogP contribution in [0.1, 0.15) is 36.5 Å². The summed E-state index contributed by atoms with van der Waals surface area (Å²) in [6.07, 6.45) is 3.34. The van der Waals surface area contributed by atoms with E-state index in [1.165, 1.54) is 27.8 Å². The lowest BCUT2D eigenvalue weighted by Gasteiger charge is -2.23. The first kappa shape index (κ1) is 20.8. The van der Waals surface area contributed by atoms with Crippen LogP contribution in [0.15, 0.2) is 103 Å². The summed E-state index contributed by atoms with van der Waals surface area (Å²) in [5, 5.41) is 3.55. The molecule has 0 saturated carbocycles. The van der Waals surface area contributed by atoms with Crippen LogP contribution in [0.2, 0.25) is 0 Å². The van der Waals surface area contributed by atoms with Crippen LogP contribution in [0.5, 0.6) is 0 Å². The Balaban J connectivity index is 1.87. The maximum atomic E-state index is 4.48. The van der Waals surface area contributed by atoms with E-state index in [9.17, 15) is 0 Å². The van der Waals surface area contributed by atoms with Gasteiger partial charge in [-0.1, -0.05) is 97.6 Å². The molecule has 0 bridgehead atoms. The smallest absolute Gasteiger partial charge is 0.0283 e. The average molecular weight is 382 g/mol. The molecule has 0 radical (unpaired) electrons. The highest BCUT2D eigenvalue weighted by Crippen LogP contribution is 2.34. The first-order valence-electron chi connectivity index (χ1n) is 10.4. The van der Waals surface area contributed by atoms with E-state index in [2.05, 4.69) is 117 Å². The fourth-order valence-electron chi connectivity index (χ4n) is 3.93. The summed E-state index contributed by atoms with van der Waals surface area (Å²) in [5.41, 5.74) is 7.47. The van der Waals surface area contributed by atoms with Crippen molar-refractivity contribution in [3.63, 3.8) is 0 Å². The van der Waals surface area contributed by atoms with Gasteiger partial charge in [-0.15, -0.1) is 0 Å². The topological polar surface area (TPSA) is 12.0 Å². The van der Waals surface area contributed by atoms with E-state index in [1.807, 2.05) is 0 Å². The second-order valence-corrected chi connectivity index (χ2v) is 7.49. The molecule has 0 heterocycles. The molecule has 1 nitrogen and oxygen atoms in total. The third-order valence-electron chi connectivity index (χ3n) is 5.55. The normalized spacial score (nSPS) is 12.9. The molecule has 148 valence electrons. The molecule has 1 heteroatoms. The molecule has 3 rings (SSSR count). The van der Waals surface area contributed by atoms with Gasteiger partial charge in [0.2, 0.25) is 0 Å². The number of likely N-dealkylation sites (N-methyl/N-ethyl adjacent to an activating group) is 1. The lowest BCUT2D eigenvalue weighted by Crippen LogP contribution is -2.27. The van der Waals surface area contributed by atoms with Gasteiger partial charge in [0.15, 0.2) is 0 Å². The third-order valence-corrected chi connectivity index (χ3v) is 5.55. The van der Waals surface area contributed by atoms with Gasteiger partial charge < -0.3 is 5.32 Å². The number of hydrogen-bond acceptors (Lipinski definition) is 1. The minimum atomic E-state index is 0.314. The zero-order chi connectivity index (χ0) is 20.5. The molecule has 1 atom stereocenters. The molecule has 0 fully saturated rings. The highest BCUT2D eigenvalue weighted by molar-refractivity contribution is 6.05. The molecule has 0 aromatic heterocycles. The van der Waals surface area contributed by atoms with E-state index in [0.29, 0.717) is 6.04 Å². The number of nitrogens with one attached hydrogen (secondary N) is 1. The fourth-order valence-corrected chi connectivity index (χ4v) is 3.93. The number of hydrogen-bond donors (Lipinski definition) is 1. The Bertz CT molecular complexity index is 924. The summed E-state index contributed by atoms with van der Waals surface area (Å²) < 4.78 is 0. The Morgan fingerprint density at radius 3 is 1.86 bits per heavy atom. The SMILES string of the molecule is C=C(/C(=C(/C)C(CCCc1ccccc1)NC)c1ccccc1)c1ccccc1. The lowest BCUT2D eigenvalue weighted by atomic mass is 9.86. The minimum Gasteiger partial charge on any atom is -0.313 e. The summed E-state index contributed by atoms with van der Waals surface area (Å²) in [6, 6.07) is 32.2. The van der Waals surface area contributed by atoms with Gasteiger partial charge >= 0.3 is 0 Å². The van der Waals surface area contributed by atoms with Gasteiger partial charge in [0, 0.05) is 6.04 Å². The number of allylic oxidation sites excluding steroid dienone is 2. The second kappa shape index (κ2) is 10.6. The van der Waals surface area contributed by atoms with Crippen molar-refractivity contribution in [3.8, 4) is 0 Å². The molecule has 0 aliphatic carbocycles. The first-order valence-corrected chi connectivity index (χ1v) is 10.4. The predicted octanol–water partition coefficient (Wildman–Crippen LogP) is 6.78. The molecule has 1 N–H and O–H groups in total. The molecule has 0 aliphatic heterocycles. The van der Waals surface area contributed by atoms with Gasteiger partial charge in [0.25, 0.3) is 0 Å². The van der Waals surface area contributed by atoms with Crippen LogP contribution < -0.4 is 5.32 Å². The second-order valence-electron chi connectivity index (χ2n) is 7.49. The molecular weight excluding hydrogens is 350 g/mol. The van der Waals surface area contributed by atoms with Crippen molar-refractivity contribution in [3.05, 3.63) is 120 Å². The molecule has 0 amide bonds. The van der Waals surface area contributed by atoms with Crippen molar-refractivity contribution in [1.29, 1.82) is 0 Å². The van der Waals surface area contributed by atoms with Crippen LogP contribution in [-0.2, 0) is 6.42 Å². The molecular formula is C28H31N. The summed E-state index contributed by atoms with van der Waals surface area (Å²) in [5.74, 6) is 0. The van der Waals surface area contributed by atoms with Crippen LogP contribution in [0.3, 0.4) is 0 Å². The van der Waals surface area contributed by atoms with Gasteiger partial charge in [-0.3, -0.25) is 0 Å². The highest BCUT2D eigenvalue weighted by Gasteiger charge is 2.17. The average Bonchev–Trinajstić information content (AvgIpc) is 2.79. The van der Waals surface area contributed by atoms with Crippen LogP contribution in [0, 0.1) is 0 Å². The summed E-state index contributed by atoms with van der Waals surface area (Å²) in [4.78, 5) is 0. The summed E-state index contributed by atoms with van der Waals surface area (Å²) >= 11 is 0. The summed E-state index contributed by atoms with van der Waals surface area (Å²) in [6.45, 7) is 6.73. The number of benzene rings is 3. The van der Waals surface area contributed by atoms with Gasteiger partial charge in [0.1, 0.15) is 0 Å². The van der Waals surface area contributed by atoms with Crippen LogP contribution in [0.4, 0.5) is 0 Å². The lowest BCUT2D eigenvalue weighted by molar-refractivity contribution is 0.563. The zero-order valence-corrected chi connectivity index (χ0v) is 17.6. The maximum Gasteiger partial charge on any atom is 0.0283 e. The van der Waals surface area contributed by atoms with Crippen molar-refractivity contribution in [2.45, 2.75) is 32.2 Å². The largest absolute Gasteiger partial charge is 0.313 e. The Morgan fingerprint density at radius 2 is 1.31 bits per heavy atom. The van der Waals surface area contributed by atoms with Crippen LogP contribution >= 0.6 is 0 Å². The fraction of sp³-hybridized carbons (Fsp3) is 0.214. The van der Waals surface area contributed by atoms with Crippen molar-refractivity contribution >= 4 is 11.1 Å². The van der Waals surface area contributed by atoms with E-state index in [1.54, 1.807) is 0 Å². The first-order chi connectivity index (χ1) is 14.2. The van der Waals surface area contributed by atoms with Gasteiger partial charge in [0.05, 0.1) is 0 Å². The van der Waals surface area contributed by atoms with E-state index in [4.69, 9.17) is 0 Å². The van der Waals surface area contributed by atoms with Crippen molar-refractivity contribution in [2.24, 2.45) is 0 Å². The van der Waals surface area contributed by atoms with E-state index in [-0.39, 0.29) is 0 Å². The van der Waals surface area contributed by atoms with Crippen LogP contribution in [0.25, 0.3) is 11.1 Å². The van der Waals surface area contributed by atoms with E-state index >= 15 is 0 Å². The molecule has 3 aromatic carbocycles. The molecule has 29 heavy (non-hydrogen) atoms. The minimum absolute atomic E-state index is 0.314. The zero-order valence-electron chi connectivity index (χ0n) is 17.6. The van der Waals surface area contributed by atoms with Gasteiger partial charge in [-0.25, -0.2) is 0 Å². The number of rotatable bonds is 9. The third kappa shape index (κ3) is 5.56. The highest BCUT2D eigenvalue weighted by atomic mass is 14.9. The van der Waals surface area contributed by atoms with Crippen LogP contribution in [-0.4, -0.2) is 13.1 Å². The van der Waals surface area contributed by atoms with Crippen molar-refractivity contribution in [2.75, 3.05) is 7.05 Å². The maximum absolute atomic E-state index is 4.48. The standard InChI is InChI=1S/C28H31N/c1-22(25-17-9-5-10-18-25)28(26-19-11-6-12-20-26)23(2)27(29-3)21-13-16-24-14-7-4-8-15-24/h4-12,14-15,17-20,27,29H,1,13,16,21H2,2-3H3/b28-23+. The monoisotopic (exact) mass is 381 g/mol. The van der Waals surface area contributed by atoms with E-state index < -0.39 is 0 Å². The molecule has 1 unspecified atom stereocenters. The molecule has 0 spiro atoms. The van der Waals surface area contributed by atoms with Crippen molar-refractivity contribution < 1.29 is 0 Å². The Hall–Kier alpha value is -2.90. The molecule has 3 aromatic rings. The Labute approximate surface area is 175 Å². The van der Waals surface area contributed by atoms with Gasteiger partial charge in [-0.2, -0.15) is 0 Å².